The fraction of sp³-hybridized carbons (Fsp3) is 0.857. The van der Waals surface area contributed by atoms with E-state index in [1.54, 1.807) is 7.05 Å². The molecule has 7 nitrogen and oxygen atoms in total. The quantitative estimate of drug-likeness (QED) is 0.646. The molecule has 2 N–H and O–H groups in total. The normalized spacial score (nSPS) is 26.9. The highest BCUT2D eigenvalue weighted by atomic mass is 16.5. The molecule has 2 rings (SSSR count). The molecule has 0 saturated carbocycles. The molecule has 7 heteroatoms. The number of ether oxygens (including phenoxy) is 1. The fourth-order valence-corrected chi connectivity index (χ4v) is 2.90. The maximum atomic E-state index is 12.6. The standard InChI is InChI=1S/C14H26N4O3/c1-3-16-12-10-21-9-11(12)14(20)18-6-4-17(5-7-18)8-13(19)15-2/h11-12,16H,3-10H2,1-2H3,(H,15,19). The maximum Gasteiger partial charge on any atom is 0.233 e. The van der Waals surface area contributed by atoms with Crippen LogP contribution in [0.1, 0.15) is 6.92 Å². The van der Waals surface area contributed by atoms with Gasteiger partial charge < -0.3 is 20.3 Å². The monoisotopic (exact) mass is 298 g/mol. The Kier molecular flexibility index (Phi) is 5.96. The van der Waals surface area contributed by atoms with Crippen molar-refractivity contribution in [1.82, 2.24) is 20.4 Å². The molecule has 2 atom stereocenters. The summed E-state index contributed by atoms with van der Waals surface area (Å²) in [4.78, 5) is 27.9. The van der Waals surface area contributed by atoms with Crippen LogP contribution in [0.15, 0.2) is 0 Å². The van der Waals surface area contributed by atoms with Gasteiger partial charge in [0.05, 0.1) is 25.7 Å². The number of rotatable bonds is 5. The Bertz CT molecular complexity index is 369. The number of hydrogen-bond acceptors (Lipinski definition) is 5. The van der Waals surface area contributed by atoms with Gasteiger partial charge in [0.15, 0.2) is 0 Å². The first-order chi connectivity index (χ1) is 10.2. The summed E-state index contributed by atoms with van der Waals surface area (Å²) in [6.07, 6.45) is 0. The summed E-state index contributed by atoms with van der Waals surface area (Å²) < 4.78 is 5.45. The summed E-state index contributed by atoms with van der Waals surface area (Å²) >= 11 is 0. The summed E-state index contributed by atoms with van der Waals surface area (Å²) in [6, 6.07) is 0.131. The average molecular weight is 298 g/mol. The molecule has 0 aromatic heterocycles. The number of nitrogens with zero attached hydrogens (tertiary/aromatic N) is 2. The van der Waals surface area contributed by atoms with Gasteiger partial charge in [-0.3, -0.25) is 14.5 Å². The molecule has 0 aromatic rings. The number of amides is 2. The molecule has 2 aliphatic heterocycles. The number of carbonyl (C=O) groups is 2. The lowest BCUT2D eigenvalue weighted by molar-refractivity contribution is -0.138. The zero-order valence-electron chi connectivity index (χ0n) is 12.9. The van der Waals surface area contributed by atoms with Gasteiger partial charge in [0.25, 0.3) is 0 Å². The zero-order valence-corrected chi connectivity index (χ0v) is 12.9. The van der Waals surface area contributed by atoms with Gasteiger partial charge in [0, 0.05) is 39.3 Å². The fourth-order valence-electron chi connectivity index (χ4n) is 2.90. The molecular formula is C14H26N4O3. The van der Waals surface area contributed by atoms with Crippen molar-refractivity contribution in [2.24, 2.45) is 5.92 Å². The topological polar surface area (TPSA) is 73.9 Å². The molecule has 2 amide bonds. The number of piperazine rings is 1. The molecule has 0 aromatic carbocycles. The molecule has 21 heavy (non-hydrogen) atoms. The summed E-state index contributed by atoms with van der Waals surface area (Å²) in [6.45, 7) is 7.28. The second kappa shape index (κ2) is 7.72. The van der Waals surface area contributed by atoms with Crippen LogP contribution in [0.4, 0.5) is 0 Å². The van der Waals surface area contributed by atoms with Crippen LogP contribution in [0.25, 0.3) is 0 Å². The average Bonchev–Trinajstić information content (AvgIpc) is 2.96. The van der Waals surface area contributed by atoms with Crippen molar-refractivity contribution < 1.29 is 14.3 Å². The Morgan fingerprint density at radius 2 is 1.90 bits per heavy atom. The lowest BCUT2D eigenvalue weighted by Crippen LogP contribution is -2.54. The molecule has 0 aliphatic carbocycles. The third-order valence-electron chi connectivity index (χ3n) is 4.19. The van der Waals surface area contributed by atoms with E-state index in [0.717, 1.165) is 19.6 Å². The Morgan fingerprint density at radius 3 is 2.52 bits per heavy atom. The number of likely N-dealkylation sites (N-methyl/N-ethyl adjacent to an activating group) is 2. The van der Waals surface area contributed by atoms with Crippen LogP contribution in [0.3, 0.4) is 0 Å². The molecule has 2 unspecified atom stereocenters. The molecule has 120 valence electrons. The zero-order chi connectivity index (χ0) is 15.2. The summed E-state index contributed by atoms with van der Waals surface area (Å²) in [5, 5.41) is 5.95. The van der Waals surface area contributed by atoms with Crippen LogP contribution in [-0.4, -0.2) is 87.2 Å². The smallest absolute Gasteiger partial charge is 0.233 e. The predicted molar refractivity (Wildman–Crippen MR) is 78.9 cm³/mol. The van der Waals surface area contributed by atoms with E-state index >= 15 is 0 Å². The second-order valence-corrected chi connectivity index (χ2v) is 5.58. The number of carbonyl (C=O) groups excluding carboxylic acids is 2. The van der Waals surface area contributed by atoms with Crippen LogP contribution in [0.2, 0.25) is 0 Å². The Balaban J connectivity index is 1.81. The van der Waals surface area contributed by atoms with Crippen LogP contribution >= 0.6 is 0 Å². The van der Waals surface area contributed by atoms with Crippen LogP contribution in [0.5, 0.6) is 0 Å². The van der Waals surface area contributed by atoms with E-state index in [4.69, 9.17) is 4.74 Å². The molecule has 0 bridgehead atoms. The van der Waals surface area contributed by atoms with E-state index in [-0.39, 0.29) is 23.8 Å². The third-order valence-corrected chi connectivity index (χ3v) is 4.19. The predicted octanol–water partition coefficient (Wildman–Crippen LogP) is -1.50. The van der Waals surface area contributed by atoms with Gasteiger partial charge in [-0.1, -0.05) is 6.92 Å². The van der Waals surface area contributed by atoms with Gasteiger partial charge in [0.2, 0.25) is 11.8 Å². The van der Waals surface area contributed by atoms with Gasteiger partial charge >= 0.3 is 0 Å². The van der Waals surface area contributed by atoms with E-state index in [1.165, 1.54) is 0 Å². The molecule has 0 spiro atoms. The van der Waals surface area contributed by atoms with E-state index in [9.17, 15) is 9.59 Å². The highest BCUT2D eigenvalue weighted by molar-refractivity contribution is 5.80. The van der Waals surface area contributed by atoms with Gasteiger partial charge in [-0.25, -0.2) is 0 Å². The van der Waals surface area contributed by atoms with Crippen molar-refractivity contribution in [3.05, 3.63) is 0 Å². The minimum atomic E-state index is -0.0737. The number of nitrogens with one attached hydrogen (secondary N) is 2. The summed E-state index contributed by atoms with van der Waals surface area (Å²) in [7, 11) is 1.64. The van der Waals surface area contributed by atoms with E-state index < -0.39 is 0 Å². The second-order valence-electron chi connectivity index (χ2n) is 5.58. The minimum absolute atomic E-state index is 0.0196. The van der Waals surface area contributed by atoms with Gasteiger partial charge in [0.1, 0.15) is 0 Å². The van der Waals surface area contributed by atoms with Crippen LogP contribution in [-0.2, 0) is 14.3 Å². The summed E-state index contributed by atoms with van der Waals surface area (Å²) in [5.41, 5.74) is 0. The molecule has 0 radical (unpaired) electrons. The van der Waals surface area contributed by atoms with Crippen molar-refractivity contribution in [2.45, 2.75) is 13.0 Å². The highest BCUT2D eigenvalue weighted by Gasteiger charge is 2.37. The van der Waals surface area contributed by atoms with Gasteiger partial charge in [-0.05, 0) is 6.54 Å². The van der Waals surface area contributed by atoms with Crippen molar-refractivity contribution in [2.75, 3.05) is 59.5 Å². The van der Waals surface area contributed by atoms with Crippen LogP contribution in [0, 0.1) is 5.92 Å². The SMILES string of the molecule is CCNC1COCC1C(=O)N1CCN(CC(=O)NC)CC1. The molecule has 2 heterocycles. The van der Waals surface area contributed by atoms with E-state index in [1.807, 2.05) is 11.8 Å². The van der Waals surface area contributed by atoms with Crippen molar-refractivity contribution in [3.8, 4) is 0 Å². The maximum absolute atomic E-state index is 12.6. The number of hydrogen-bond donors (Lipinski definition) is 2. The summed E-state index contributed by atoms with van der Waals surface area (Å²) in [5.74, 6) is 0.125. The molecule has 2 aliphatic rings. The first-order valence-corrected chi connectivity index (χ1v) is 7.68. The molecule has 2 fully saturated rings. The van der Waals surface area contributed by atoms with Crippen molar-refractivity contribution in [3.63, 3.8) is 0 Å². The first kappa shape index (κ1) is 16.2. The van der Waals surface area contributed by atoms with Crippen LogP contribution < -0.4 is 10.6 Å². The highest BCUT2D eigenvalue weighted by Crippen LogP contribution is 2.18. The van der Waals surface area contributed by atoms with Crippen molar-refractivity contribution in [1.29, 1.82) is 0 Å². The third kappa shape index (κ3) is 4.15. The lowest BCUT2D eigenvalue weighted by atomic mass is 10.0. The lowest BCUT2D eigenvalue weighted by Gasteiger charge is -2.36. The first-order valence-electron chi connectivity index (χ1n) is 7.68. The van der Waals surface area contributed by atoms with E-state index in [0.29, 0.717) is 32.8 Å². The minimum Gasteiger partial charge on any atom is -0.379 e. The van der Waals surface area contributed by atoms with Gasteiger partial charge in [-0.2, -0.15) is 0 Å². The Labute approximate surface area is 126 Å². The Morgan fingerprint density at radius 1 is 1.19 bits per heavy atom. The Hall–Kier alpha value is -1.18. The van der Waals surface area contributed by atoms with Crippen molar-refractivity contribution >= 4 is 11.8 Å². The largest absolute Gasteiger partial charge is 0.379 e. The molecule has 2 saturated heterocycles. The molecular weight excluding hydrogens is 272 g/mol. The van der Waals surface area contributed by atoms with Gasteiger partial charge in [-0.15, -0.1) is 0 Å². The van der Waals surface area contributed by atoms with E-state index in [2.05, 4.69) is 15.5 Å².